The third-order valence-electron chi connectivity index (χ3n) is 5.43. The van der Waals surface area contributed by atoms with Gasteiger partial charge < -0.3 is 19.2 Å². The van der Waals surface area contributed by atoms with Crippen LogP contribution in [0, 0.1) is 0 Å². The van der Waals surface area contributed by atoms with Crippen LogP contribution in [0.3, 0.4) is 0 Å². The van der Waals surface area contributed by atoms with Gasteiger partial charge in [-0.2, -0.15) is 0 Å². The summed E-state index contributed by atoms with van der Waals surface area (Å²) in [5.41, 5.74) is 2.33. The Morgan fingerprint density at radius 2 is 2.07 bits per heavy atom. The zero-order valence-electron chi connectivity index (χ0n) is 16.4. The lowest BCUT2D eigenvalue weighted by molar-refractivity contribution is 0.0598. The van der Waals surface area contributed by atoms with Gasteiger partial charge in [-0.05, 0) is 30.5 Å². The molecule has 1 saturated heterocycles. The molecule has 0 aliphatic carbocycles. The van der Waals surface area contributed by atoms with Crippen molar-refractivity contribution in [3.8, 4) is 17.0 Å². The van der Waals surface area contributed by atoms with Gasteiger partial charge in [0.15, 0.2) is 5.43 Å². The molecule has 2 aliphatic heterocycles. The highest BCUT2D eigenvalue weighted by Crippen LogP contribution is 2.45. The lowest BCUT2D eigenvalue weighted by Gasteiger charge is -2.37. The molecule has 0 saturated carbocycles. The van der Waals surface area contributed by atoms with Gasteiger partial charge in [-0.15, -0.1) is 0 Å². The predicted molar refractivity (Wildman–Crippen MR) is 110 cm³/mol. The number of hydrogen-bond donors (Lipinski definition) is 0. The first kappa shape index (κ1) is 19.8. The van der Waals surface area contributed by atoms with Gasteiger partial charge >= 0.3 is 5.97 Å². The van der Waals surface area contributed by atoms with Gasteiger partial charge in [0.1, 0.15) is 11.3 Å². The van der Waals surface area contributed by atoms with Gasteiger partial charge in [-0.25, -0.2) is 4.79 Å². The molecule has 0 N–H and O–H groups in total. The number of aromatic nitrogens is 1. The van der Waals surface area contributed by atoms with Crippen LogP contribution in [0.2, 0.25) is 5.02 Å². The van der Waals surface area contributed by atoms with Crippen molar-refractivity contribution in [2.24, 2.45) is 0 Å². The summed E-state index contributed by atoms with van der Waals surface area (Å²) in [6.07, 6.45) is 4.33. The summed E-state index contributed by atoms with van der Waals surface area (Å²) in [5, 5.41) is 2.66. The summed E-state index contributed by atoms with van der Waals surface area (Å²) in [7, 11) is 2.93. The molecule has 1 aromatic heterocycles. The molecule has 7 nitrogen and oxygen atoms in total. The van der Waals surface area contributed by atoms with E-state index in [9.17, 15) is 9.59 Å². The second kappa shape index (κ2) is 8.08. The number of fused-ring (bicyclic) bond motifs is 6. The van der Waals surface area contributed by atoms with E-state index in [0.717, 1.165) is 36.9 Å². The Hall–Kier alpha value is -2.51. The summed E-state index contributed by atoms with van der Waals surface area (Å²) in [5.74, 6) is 0.0000284. The molecule has 0 spiro atoms. The van der Waals surface area contributed by atoms with Crippen LogP contribution in [0.4, 0.5) is 0 Å². The maximum absolute atomic E-state index is 12.5. The van der Waals surface area contributed by atoms with E-state index < -0.39 is 5.97 Å². The van der Waals surface area contributed by atoms with Crippen LogP contribution in [-0.2, 0) is 9.47 Å². The van der Waals surface area contributed by atoms with Crippen LogP contribution in [0.25, 0.3) is 11.3 Å². The van der Waals surface area contributed by atoms with Crippen molar-refractivity contribution in [1.82, 2.24) is 4.68 Å². The Morgan fingerprint density at radius 1 is 1.24 bits per heavy atom. The summed E-state index contributed by atoms with van der Waals surface area (Å²) in [6, 6.07) is 5.44. The van der Waals surface area contributed by atoms with Crippen LogP contribution < -0.4 is 15.2 Å². The SMILES string of the molecule is COCCCOc1cc2c(cc1Cl)-c1cc(=O)c(C(=O)OC)cn1N1CCC[C@@H]21. The van der Waals surface area contributed by atoms with Crippen molar-refractivity contribution in [2.75, 3.05) is 39.0 Å². The monoisotopic (exact) mass is 418 g/mol. The number of esters is 1. The van der Waals surface area contributed by atoms with Crippen molar-refractivity contribution >= 4 is 17.6 Å². The van der Waals surface area contributed by atoms with E-state index in [2.05, 4.69) is 5.01 Å². The number of pyridine rings is 1. The number of methoxy groups -OCH3 is 2. The molecule has 1 atom stereocenters. The molecular weight excluding hydrogens is 396 g/mol. The third-order valence-corrected chi connectivity index (χ3v) is 5.72. The van der Waals surface area contributed by atoms with E-state index in [1.165, 1.54) is 13.2 Å². The van der Waals surface area contributed by atoms with E-state index in [0.29, 0.717) is 29.7 Å². The molecule has 0 unspecified atom stereocenters. The Labute approximate surface area is 173 Å². The summed E-state index contributed by atoms with van der Waals surface area (Å²) < 4.78 is 17.6. The van der Waals surface area contributed by atoms with Crippen LogP contribution in [0.1, 0.15) is 41.2 Å². The first-order valence-corrected chi connectivity index (χ1v) is 10.0. The van der Waals surface area contributed by atoms with Gasteiger partial charge in [0.25, 0.3) is 0 Å². The van der Waals surface area contributed by atoms with Crippen molar-refractivity contribution < 1.29 is 19.0 Å². The largest absolute Gasteiger partial charge is 0.492 e. The Bertz CT molecular complexity index is 1000. The fourth-order valence-electron chi connectivity index (χ4n) is 4.09. The van der Waals surface area contributed by atoms with Gasteiger partial charge in [0, 0.05) is 44.5 Å². The third kappa shape index (κ3) is 3.49. The van der Waals surface area contributed by atoms with E-state index in [1.54, 1.807) is 13.3 Å². The van der Waals surface area contributed by atoms with Gasteiger partial charge in [-0.1, -0.05) is 11.6 Å². The van der Waals surface area contributed by atoms with E-state index in [-0.39, 0.29) is 17.0 Å². The lowest BCUT2D eigenvalue weighted by atomic mass is 9.94. The van der Waals surface area contributed by atoms with Gasteiger partial charge in [0.05, 0.1) is 30.5 Å². The minimum atomic E-state index is -0.635. The van der Waals surface area contributed by atoms with Crippen LogP contribution >= 0.6 is 11.6 Å². The smallest absolute Gasteiger partial charge is 0.343 e. The maximum Gasteiger partial charge on any atom is 0.343 e. The van der Waals surface area contributed by atoms with Crippen LogP contribution in [-0.4, -0.2) is 44.6 Å². The summed E-state index contributed by atoms with van der Waals surface area (Å²) >= 11 is 6.50. The summed E-state index contributed by atoms with van der Waals surface area (Å²) in [6.45, 7) is 1.96. The van der Waals surface area contributed by atoms with E-state index >= 15 is 0 Å². The average molecular weight is 419 g/mol. The minimum absolute atomic E-state index is 0.0227. The molecule has 4 rings (SSSR count). The molecule has 29 heavy (non-hydrogen) atoms. The predicted octanol–water partition coefficient (Wildman–Crippen LogP) is 3.16. The molecule has 2 aliphatic rings. The molecule has 8 heteroatoms. The number of hydrogen-bond acceptors (Lipinski definition) is 6. The zero-order chi connectivity index (χ0) is 20.5. The quantitative estimate of drug-likeness (QED) is 0.530. The zero-order valence-corrected chi connectivity index (χ0v) is 17.2. The molecule has 3 heterocycles. The second-order valence-electron chi connectivity index (χ2n) is 7.16. The molecule has 1 aromatic carbocycles. The highest BCUT2D eigenvalue weighted by molar-refractivity contribution is 6.32. The molecule has 0 amide bonds. The number of nitrogens with zero attached hydrogens (tertiary/aromatic N) is 2. The number of carbonyl (C=O) groups is 1. The van der Waals surface area contributed by atoms with Crippen molar-refractivity contribution in [2.45, 2.75) is 25.3 Å². The number of carbonyl (C=O) groups excluding carboxylic acids is 1. The minimum Gasteiger partial charge on any atom is -0.492 e. The Morgan fingerprint density at radius 3 is 2.83 bits per heavy atom. The van der Waals surface area contributed by atoms with E-state index in [1.807, 2.05) is 16.8 Å². The fourth-order valence-corrected chi connectivity index (χ4v) is 4.31. The standard InChI is InChI=1S/C21H23ClN2O5/c1-27-7-4-8-29-20-10-14-13(9-16(20)22)18-11-19(25)15(21(26)28-2)12-24(18)23-6-3-5-17(14)23/h9-12,17H,3-8H2,1-2H3/t17-/m0/s1. The van der Waals surface area contributed by atoms with Crippen molar-refractivity contribution in [3.05, 3.63) is 50.8 Å². The van der Waals surface area contributed by atoms with Crippen molar-refractivity contribution in [1.29, 1.82) is 0 Å². The molecule has 154 valence electrons. The number of rotatable bonds is 6. The number of benzene rings is 1. The molecule has 1 fully saturated rings. The second-order valence-corrected chi connectivity index (χ2v) is 7.57. The van der Waals surface area contributed by atoms with Gasteiger partial charge in [0.2, 0.25) is 0 Å². The number of ether oxygens (including phenoxy) is 3. The fraction of sp³-hybridized carbons (Fsp3) is 0.429. The van der Waals surface area contributed by atoms with Crippen molar-refractivity contribution in [3.63, 3.8) is 0 Å². The number of halogens is 1. The Balaban J connectivity index is 1.79. The first-order chi connectivity index (χ1) is 14.0. The van der Waals surface area contributed by atoms with Crippen LogP contribution in [0.15, 0.2) is 29.2 Å². The normalized spacial score (nSPS) is 16.8. The van der Waals surface area contributed by atoms with Gasteiger partial charge in [-0.3, -0.25) is 9.47 Å². The molecule has 0 radical (unpaired) electrons. The summed E-state index contributed by atoms with van der Waals surface area (Å²) in [4.78, 5) is 24.5. The molecule has 0 bridgehead atoms. The van der Waals surface area contributed by atoms with E-state index in [4.69, 9.17) is 25.8 Å². The Kier molecular flexibility index (Phi) is 5.52. The highest BCUT2D eigenvalue weighted by Gasteiger charge is 2.35. The van der Waals surface area contributed by atoms with Crippen LogP contribution in [0.5, 0.6) is 5.75 Å². The molecule has 2 aromatic rings. The highest BCUT2D eigenvalue weighted by atomic mass is 35.5. The average Bonchev–Trinajstić information content (AvgIpc) is 3.21. The first-order valence-electron chi connectivity index (χ1n) is 9.62. The molecular formula is C21H23ClN2O5. The maximum atomic E-state index is 12.5. The topological polar surface area (TPSA) is 70.0 Å². The lowest BCUT2D eigenvalue weighted by Crippen LogP contribution is -2.39.